The number of amides is 1. The fourth-order valence-electron chi connectivity index (χ4n) is 3.77. The van der Waals surface area contributed by atoms with Crippen molar-refractivity contribution >= 4 is 11.9 Å². The Morgan fingerprint density at radius 1 is 0.897 bits per heavy atom. The highest BCUT2D eigenvalue weighted by atomic mass is 16.5. The van der Waals surface area contributed by atoms with Crippen LogP contribution in [0.2, 0.25) is 0 Å². The number of methoxy groups -OCH3 is 4. The average Bonchev–Trinajstić information content (AvgIpc) is 2.74. The summed E-state index contributed by atoms with van der Waals surface area (Å²) in [7, 11) is 7.50. The number of hydrogen-bond donors (Lipinski definition) is 1. The zero-order chi connectivity index (χ0) is 21.3. The van der Waals surface area contributed by atoms with Crippen LogP contribution in [0, 0.1) is 0 Å². The van der Waals surface area contributed by atoms with Crippen LogP contribution in [0.1, 0.15) is 33.4 Å². The summed E-state index contributed by atoms with van der Waals surface area (Å²) in [6, 6.07) is 7.35. The van der Waals surface area contributed by atoms with Gasteiger partial charge in [-0.2, -0.15) is 0 Å². The van der Waals surface area contributed by atoms with Crippen LogP contribution >= 0.6 is 0 Å². The van der Waals surface area contributed by atoms with E-state index in [1.54, 1.807) is 31.3 Å². The lowest BCUT2D eigenvalue weighted by Gasteiger charge is -2.39. The van der Waals surface area contributed by atoms with Gasteiger partial charge in [-0.3, -0.25) is 9.59 Å². The Morgan fingerprint density at radius 2 is 1.52 bits per heavy atom. The lowest BCUT2D eigenvalue weighted by molar-refractivity contribution is -0.140. The summed E-state index contributed by atoms with van der Waals surface area (Å²) in [5.74, 6) is -0.746. The molecule has 2 atom stereocenters. The van der Waals surface area contributed by atoms with E-state index in [1.165, 1.54) is 39.4 Å². The van der Waals surface area contributed by atoms with E-state index in [4.69, 9.17) is 18.9 Å². The number of ether oxygens (including phenoxy) is 4. The van der Waals surface area contributed by atoms with E-state index in [1.807, 2.05) is 0 Å². The zero-order valence-corrected chi connectivity index (χ0v) is 16.9. The molecule has 2 aromatic rings. The number of likely N-dealkylation sites (N-methyl/N-ethyl adjacent to an activating group) is 1. The first-order valence-electron chi connectivity index (χ1n) is 8.85. The predicted molar refractivity (Wildman–Crippen MR) is 104 cm³/mol. The molecule has 2 aromatic carbocycles. The third-order valence-corrected chi connectivity index (χ3v) is 5.20. The first-order valence-corrected chi connectivity index (χ1v) is 8.85. The average molecular weight is 401 g/mol. The molecule has 0 radical (unpaired) electrons. The van der Waals surface area contributed by atoms with E-state index in [-0.39, 0.29) is 11.5 Å². The minimum atomic E-state index is -1.08. The second-order valence-electron chi connectivity index (χ2n) is 6.58. The van der Waals surface area contributed by atoms with Crippen molar-refractivity contribution in [3.63, 3.8) is 0 Å². The molecule has 0 fully saturated rings. The van der Waals surface area contributed by atoms with Crippen LogP contribution in [0.3, 0.4) is 0 Å². The lowest BCUT2D eigenvalue weighted by atomic mass is 9.79. The Labute approximate surface area is 168 Å². The van der Waals surface area contributed by atoms with Gasteiger partial charge in [0.05, 0.1) is 34.5 Å². The minimum absolute atomic E-state index is 0.260. The van der Waals surface area contributed by atoms with Crippen molar-refractivity contribution in [1.29, 1.82) is 0 Å². The van der Waals surface area contributed by atoms with E-state index in [0.29, 0.717) is 34.1 Å². The Bertz CT molecular complexity index is 956. The number of hydrogen-bond acceptors (Lipinski definition) is 6. The third kappa shape index (κ3) is 3.30. The number of carboxylic acids is 1. The molecule has 1 heterocycles. The number of aliphatic carboxylic acids is 1. The number of carbonyl (C=O) groups is 2. The van der Waals surface area contributed by atoms with Gasteiger partial charge in [0.25, 0.3) is 5.91 Å². The maximum Gasteiger partial charge on any atom is 0.313 e. The Balaban J connectivity index is 2.28. The smallest absolute Gasteiger partial charge is 0.313 e. The topological polar surface area (TPSA) is 94.5 Å². The maximum absolute atomic E-state index is 13.2. The quantitative estimate of drug-likeness (QED) is 0.795. The SMILES string of the molecule is COc1ccc(OC)c([C@H]2[C@H](C(=O)O)c3cc(OC)c(OC)cc3C(=O)N2C)c1. The fourth-order valence-corrected chi connectivity index (χ4v) is 3.77. The first kappa shape index (κ1) is 20.3. The fraction of sp³-hybridized carbons (Fsp3) is 0.333. The molecule has 0 saturated heterocycles. The predicted octanol–water partition coefficient (Wildman–Crippen LogP) is 2.72. The standard InChI is InChI=1S/C21H23NO7/c1-22-19(14-8-11(26-2)6-7-15(14)27-3)18(21(24)25)12-9-16(28-4)17(29-5)10-13(12)20(22)23/h6-10,18-19H,1-5H3,(H,24,25)/t18-,19+/m1/s1. The van der Waals surface area contributed by atoms with Crippen LogP contribution in [0.25, 0.3) is 0 Å². The van der Waals surface area contributed by atoms with Gasteiger partial charge in [-0.25, -0.2) is 0 Å². The summed E-state index contributed by atoms with van der Waals surface area (Å²) in [6.45, 7) is 0. The van der Waals surface area contributed by atoms with Crippen LogP contribution in [0.5, 0.6) is 23.0 Å². The molecule has 8 nitrogen and oxygen atoms in total. The minimum Gasteiger partial charge on any atom is -0.497 e. The number of benzene rings is 2. The molecule has 1 aliphatic heterocycles. The van der Waals surface area contributed by atoms with Crippen LogP contribution in [0.15, 0.2) is 30.3 Å². The molecule has 29 heavy (non-hydrogen) atoms. The van der Waals surface area contributed by atoms with Crippen molar-refractivity contribution in [2.75, 3.05) is 35.5 Å². The molecule has 154 valence electrons. The van der Waals surface area contributed by atoms with E-state index in [9.17, 15) is 14.7 Å². The molecule has 0 spiro atoms. The third-order valence-electron chi connectivity index (χ3n) is 5.20. The molecule has 1 amide bonds. The highest BCUT2D eigenvalue weighted by Crippen LogP contribution is 2.48. The van der Waals surface area contributed by atoms with Crippen LogP contribution in [-0.2, 0) is 4.79 Å². The monoisotopic (exact) mass is 401 g/mol. The van der Waals surface area contributed by atoms with Crippen molar-refractivity contribution in [1.82, 2.24) is 4.90 Å². The van der Waals surface area contributed by atoms with E-state index < -0.39 is 17.9 Å². The van der Waals surface area contributed by atoms with Crippen molar-refractivity contribution in [2.45, 2.75) is 12.0 Å². The Kier molecular flexibility index (Phi) is 5.54. The van der Waals surface area contributed by atoms with Crippen LogP contribution in [0.4, 0.5) is 0 Å². The number of carboxylic acid groups (broad SMARTS) is 1. The van der Waals surface area contributed by atoms with Crippen LogP contribution < -0.4 is 18.9 Å². The lowest BCUT2D eigenvalue weighted by Crippen LogP contribution is -2.42. The van der Waals surface area contributed by atoms with Gasteiger partial charge in [0.15, 0.2) is 11.5 Å². The number of rotatable bonds is 6. The second-order valence-corrected chi connectivity index (χ2v) is 6.58. The molecule has 8 heteroatoms. The number of carbonyl (C=O) groups excluding carboxylic acids is 1. The van der Waals surface area contributed by atoms with Crippen molar-refractivity contribution < 1.29 is 33.6 Å². The molecular weight excluding hydrogens is 378 g/mol. The van der Waals surface area contributed by atoms with Crippen LogP contribution in [-0.4, -0.2) is 57.4 Å². The first-order chi connectivity index (χ1) is 13.9. The Morgan fingerprint density at radius 3 is 2.07 bits per heavy atom. The van der Waals surface area contributed by atoms with E-state index in [2.05, 4.69) is 0 Å². The van der Waals surface area contributed by atoms with Gasteiger partial charge < -0.3 is 29.0 Å². The summed E-state index contributed by atoms with van der Waals surface area (Å²) >= 11 is 0. The number of fused-ring (bicyclic) bond motifs is 1. The molecule has 3 rings (SSSR count). The van der Waals surface area contributed by atoms with Gasteiger partial charge in [-0.05, 0) is 35.9 Å². The molecule has 0 unspecified atom stereocenters. The molecule has 1 aliphatic rings. The highest BCUT2D eigenvalue weighted by molar-refractivity contribution is 6.01. The summed E-state index contributed by atoms with van der Waals surface area (Å²) in [4.78, 5) is 26.9. The second kappa shape index (κ2) is 7.90. The largest absolute Gasteiger partial charge is 0.497 e. The maximum atomic E-state index is 13.2. The van der Waals surface area contributed by atoms with Gasteiger partial charge in [0.2, 0.25) is 0 Å². The molecule has 0 bridgehead atoms. The summed E-state index contributed by atoms with van der Waals surface area (Å²) in [5, 5.41) is 10.1. The Hall–Kier alpha value is -3.42. The zero-order valence-electron chi connectivity index (χ0n) is 16.9. The van der Waals surface area contributed by atoms with Crippen molar-refractivity contribution in [3.8, 4) is 23.0 Å². The summed E-state index contributed by atoms with van der Waals surface area (Å²) in [5.41, 5.74) is 1.15. The van der Waals surface area contributed by atoms with Gasteiger partial charge in [-0.15, -0.1) is 0 Å². The molecule has 0 saturated carbocycles. The van der Waals surface area contributed by atoms with Gasteiger partial charge >= 0.3 is 5.97 Å². The molecular formula is C21H23NO7. The van der Waals surface area contributed by atoms with Gasteiger partial charge in [-0.1, -0.05) is 0 Å². The van der Waals surface area contributed by atoms with E-state index in [0.717, 1.165) is 0 Å². The number of nitrogens with zero attached hydrogens (tertiary/aromatic N) is 1. The molecule has 0 aliphatic carbocycles. The van der Waals surface area contributed by atoms with E-state index >= 15 is 0 Å². The summed E-state index contributed by atoms with van der Waals surface area (Å²) < 4.78 is 21.4. The highest BCUT2D eigenvalue weighted by Gasteiger charge is 2.44. The van der Waals surface area contributed by atoms with Gasteiger partial charge in [0.1, 0.15) is 17.4 Å². The van der Waals surface area contributed by atoms with Crippen molar-refractivity contribution in [2.24, 2.45) is 0 Å². The van der Waals surface area contributed by atoms with Crippen molar-refractivity contribution in [3.05, 3.63) is 47.0 Å². The van der Waals surface area contributed by atoms with Gasteiger partial charge in [0, 0.05) is 18.2 Å². The normalized spacial score (nSPS) is 18.1. The molecule has 0 aromatic heterocycles. The molecule has 1 N–H and O–H groups in total. The summed E-state index contributed by atoms with van der Waals surface area (Å²) in [6.07, 6.45) is 0.